The highest BCUT2D eigenvalue weighted by Crippen LogP contribution is 2.27. The smallest absolute Gasteiger partial charge is 0.225 e. The van der Waals surface area contributed by atoms with E-state index in [2.05, 4.69) is 20.6 Å². The summed E-state index contributed by atoms with van der Waals surface area (Å²) in [5.74, 6) is 1.37. The number of pyridine rings is 1. The van der Waals surface area contributed by atoms with E-state index in [-0.39, 0.29) is 0 Å². The summed E-state index contributed by atoms with van der Waals surface area (Å²) >= 11 is 6.26. The molecule has 2 aromatic heterocycles. The van der Waals surface area contributed by atoms with Crippen molar-refractivity contribution in [1.29, 1.82) is 0 Å². The third kappa shape index (κ3) is 4.37. The highest BCUT2D eigenvalue weighted by Gasteiger charge is 2.17. The summed E-state index contributed by atoms with van der Waals surface area (Å²) < 4.78 is 0. The molecule has 6 heteroatoms. The molecule has 2 N–H and O–H groups in total. The zero-order chi connectivity index (χ0) is 18.6. The van der Waals surface area contributed by atoms with Gasteiger partial charge in [-0.25, -0.2) is 4.98 Å². The molecule has 138 valence electrons. The Morgan fingerprint density at radius 2 is 1.93 bits per heavy atom. The number of anilines is 3. The maximum Gasteiger partial charge on any atom is 0.225 e. The number of benzene rings is 1. The Morgan fingerprint density at radius 3 is 2.67 bits per heavy atom. The first-order valence-electron chi connectivity index (χ1n) is 9.26. The molecule has 5 nitrogen and oxygen atoms in total. The first-order valence-corrected chi connectivity index (χ1v) is 9.64. The lowest BCUT2D eigenvalue weighted by atomic mass is 10.2. The van der Waals surface area contributed by atoms with E-state index in [0.29, 0.717) is 12.0 Å². The molecule has 1 aromatic carbocycles. The summed E-state index contributed by atoms with van der Waals surface area (Å²) in [5, 5.41) is 7.57. The summed E-state index contributed by atoms with van der Waals surface area (Å²) in [4.78, 5) is 13.6. The molecule has 0 spiro atoms. The highest BCUT2D eigenvalue weighted by molar-refractivity contribution is 6.31. The van der Waals surface area contributed by atoms with Gasteiger partial charge in [0.15, 0.2) is 0 Å². The molecule has 0 aliphatic heterocycles. The van der Waals surface area contributed by atoms with Crippen LogP contribution in [0, 0.1) is 6.92 Å². The van der Waals surface area contributed by atoms with Gasteiger partial charge in [0.25, 0.3) is 0 Å². The standard InChI is InChI=1S/C21H22ClN5/c1-14-8-9-17(11-18(14)22)24-20-12-19(15-5-4-10-23-13-15)26-21(27-20)25-16-6-2-3-7-16/h4-5,8-13,16H,2-3,6-7H2,1H3,(H2,24,25,26,27). The number of nitrogens with zero attached hydrogens (tertiary/aromatic N) is 3. The fourth-order valence-electron chi connectivity index (χ4n) is 3.31. The monoisotopic (exact) mass is 379 g/mol. The Labute approximate surface area is 164 Å². The van der Waals surface area contributed by atoms with E-state index in [1.165, 1.54) is 12.8 Å². The lowest BCUT2D eigenvalue weighted by Crippen LogP contribution is -2.17. The van der Waals surface area contributed by atoms with Crippen LogP contribution >= 0.6 is 11.6 Å². The summed E-state index contributed by atoms with van der Waals surface area (Å²) in [5.41, 5.74) is 3.73. The number of hydrogen-bond acceptors (Lipinski definition) is 5. The maximum atomic E-state index is 6.26. The number of halogens is 1. The minimum atomic E-state index is 0.441. The average molecular weight is 380 g/mol. The van der Waals surface area contributed by atoms with Gasteiger partial charge in [-0.05, 0) is 49.6 Å². The van der Waals surface area contributed by atoms with Gasteiger partial charge in [0.2, 0.25) is 5.95 Å². The first kappa shape index (κ1) is 17.7. The van der Waals surface area contributed by atoms with Gasteiger partial charge in [-0.2, -0.15) is 4.98 Å². The van der Waals surface area contributed by atoms with E-state index in [1.807, 2.05) is 49.5 Å². The molecule has 0 unspecified atom stereocenters. The third-order valence-corrected chi connectivity index (χ3v) is 5.22. The Kier molecular flexibility index (Phi) is 5.21. The van der Waals surface area contributed by atoms with E-state index in [4.69, 9.17) is 16.6 Å². The highest BCUT2D eigenvalue weighted by atomic mass is 35.5. The molecule has 4 rings (SSSR count). The predicted octanol–water partition coefficient (Wildman–Crippen LogP) is 5.60. The Bertz CT molecular complexity index is 923. The SMILES string of the molecule is Cc1ccc(Nc2cc(-c3cccnc3)nc(NC3CCCC3)n2)cc1Cl. The molecule has 1 aliphatic carbocycles. The average Bonchev–Trinajstić information content (AvgIpc) is 3.18. The molecule has 3 aromatic rings. The van der Waals surface area contributed by atoms with Gasteiger partial charge in [0, 0.05) is 40.8 Å². The molecule has 2 heterocycles. The van der Waals surface area contributed by atoms with Gasteiger partial charge in [-0.1, -0.05) is 30.5 Å². The van der Waals surface area contributed by atoms with E-state index in [9.17, 15) is 0 Å². The summed E-state index contributed by atoms with van der Waals surface area (Å²) in [6, 6.07) is 12.2. The van der Waals surface area contributed by atoms with Gasteiger partial charge in [-0.15, -0.1) is 0 Å². The predicted molar refractivity (Wildman–Crippen MR) is 111 cm³/mol. The molecule has 0 amide bonds. The molecule has 1 aliphatic rings. The molecule has 27 heavy (non-hydrogen) atoms. The molecular formula is C21H22ClN5. The summed E-state index contributed by atoms with van der Waals surface area (Å²) in [6.07, 6.45) is 8.41. The maximum absolute atomic E-state index is 6.26. The largest absolute Gasteiger partial charge is 0.351 e. The zero-order valence-electron chi connectivity index (χ0n) is 15.2. The van der Waals surface area contributed by atoms with Crippen molar-refractivity contribution in [3.8, 4) is 11.3 Å². The van der Waals surface area contributed by atoms with Crippen molar-refractivity contribution >= 4 is 29.1 Å². The van der Waals surface area contributed by atoms with Gasteiger partial charge in [0.05, 0.1) is 5.69 Å². The van der Waals surface area contributed by atoms with Crippen LogP contribution in [0.3, 0.4) is 0 Å². The van der Waals surface area contributed by atoms with Crippen molar-refractivity contribution < 1.29 is 0 Å². The van der Waals surface area contributed by atoms with Gasteiger partial charge < -0.3 is 10.6 Å². The van der Waals surface area contributed by atoms with Gasteiger partial charge in [-0.3, -0.25) is 4.98 Å². The van der Waals surface area contributed by atoms with Crippen molar-refractivity contribution in [2.75, 3.05) is 10.6 Å². The molecule has 0 bridgehead atoms. The summed E-state index contributed by atoms with van der Waals surface area (Å²) in [6.45, 7) is 1.99. The van der Waals surface area contributed by atoms with Crippen LogP contribution in [0.1, 0.15) is 31.2 Å². The Balaban J connectivity index is 1.67. The zero-order valence-corrected chi connectivity index (χ0v) is 16.0. The minimum absolute atomic E-state index is 0.441. The lowest BCUT2D eigenvalue weighted by Gasteiger charge is -2.15. The molecule has 0 atom stereocenters. The van der Waals surface area contributed by atoms with Gasteiger partial charge >= 0.3 is 0 Å². The van der Waals surface area contributed by atoms with Crippen molar-refractivity contribution in [3.05, 3.63) is 59.4 Å². The third-order valence-electron chi connectivity index (χ3n) is 4.82. The van der Waals surface area contributed by atoms with Crippen molar-refractivity contribution in [2.45, 2.75) is 38.6 Å². The van der Waals surface area contributed by atoms with Crippen molar-refractivity contribution in [3.63, 3.8) is 0 Å². The number of aromatic nitrogens is 3. The lowest BCUT2D eigenvalue weighted by molar-refractivity contribution is 0.744. The number of nitrogens with one attached hydrogen (secondary N) is 2. The molecule has 0 saturated heterocycles. The fraction of sp³-hybridized carbons (Fsp3) is 0.286. The summed E-state index contributed by atoms with van der Waals surface area (Å²) in [7, 11) is 0. The number of aryl methyl sites for hydroxylation is 1. The van der Waals surface area contributed by atoms with Crippen LogP contribution < -0.4 is 10.6 Å². The molecular weight excluding hydrogens is 358 g/mol. The molecule has 0 radical (unpaired) electrons. The minimum Gasteiger partial charge on any atom is -0.351 e. The van der Waals surface area contributed by atoms with Crippen LogP contribution in [-0.2, 0) is 0 Å². The van der Waals surface area contributed by atoms with Crippen molar-refractivity contribution in [2.24, 2.45) is 0 Å². The van der Waals surface area contributed by atoms with Gasteiger partial charge in [0.1, 0.15) is 5.82 Å². The topological polar surface area (TPSA) is 62.7 Å². The number of hydrogen-bond donors (Lipinski definition) is 2. The molecule has 1 saturated carbocycles. The number of rotatable bonds is 5. The van der Waals surface area contributed by atoms with E-state index >= 15 is 0 Å². The van der Waals surface area contributed by atoms with E-state index < -0.39 is 0 Å². The van der Waals surface area contributed by atoms with Crippen LogP contribution in [0.4, 0.5) is 17.5 Å². The Hall–Kier alpha value is -2.66. The second-order valence-electron chi connectivity index (χ2n) is 6.92. The van der Waals surface area contributed by atoms with Crippen molar-refractivity contribution in [1.82, 2.24) is 15.0 Å². The van der Waals surface area contributed by atoms with Crippen LogP contribution in [0.5, 0.6) is 0 Å². The normalized spacial score (nSPS) is 14.3. The Morgan fingerprint density at radius 1 is 1.07 bits per heavy atom. The quantitative estimate of drug-likeness (QED) is 0.604. The first-order chi connectivity index (χ1) is 13.2. The van der Waals surface area contributed by atoms with Crippen LogP contribution in [0.25, 0.3) is 11.3 Å². The second-order valence-corrected chi connectivity index (χ2v) is 7.33. The van der Waals surface area contributed by atoms with Crippen LogP contribution in [0.2, 0.25) is 5.02 Å². The molecule has 1 fully saturated rings. The van der Waals surface area contributed by atoms with Crippen LogP contribution in [-0.4, -0.2) is 21.0 Å². The van der Waals surface area contributed by atoms with E-state index in [0.717, 1.165) is 46.2 Å². The fourth-order valence-corrected chi connectivity index (χ4v) is 3.49. The second kappa shape index (κ2) is 7.92. The van der Waals surface area contributed by atoms with E-state index in [1.54, 1.807) is 6.20 Å². The van der Waals surface area contributed by atoms with Crippen LogP contribution in [0.15, 0.2) is 48.8 Å².